The fraction of sp³-hybridized carbons (Fsp3) is 0.742. The number of nitrogens with one attached hydrogen (secondary N) is 1. The summed E-state index contributed by atoms with van der Waals surface area (Å²) in [6, 6.07) is 8.16. The molecule has 5 heteroatoms. The summed E-state index contributed by atoms with van der Waals surface area (Å²) < 4.78 is 0. The predicted molar refractivity (Wildman–Crippen MR) is 141 cm³/mol. The number of nitrogens with zero attached hydrogens (tertiary/aromatic N) is 2. The van der Waals surface area contributed by atoms with Gasteiger partial charge in [0.1, 0.15) is 18.2 Å². The third-order valence-electron chi connectivity index (χ3n) is 12.3. The van der Waals surface area contributed by atoms with Crippen LogP contribution < -0.4 is 10.2 Å². The van der Waals surface area contributed by atoms with Gasteiger partial charge in [-0.1, -0.05) is 59.2 Å². The number of piperidine rings is 1. The van der Waals surface area contributed by atoms with E-state index in [1.165, 1.54) is 36.9 Å². The molecule has 5 fully saturated rings. The summed E-state index contributed by atoms with van der Waals surface area (Å²) in [7, 11) is 0. The molecular weight excluding hydrogens is 446 g/mol. The highest BCUT2D eigenvalue weighted by molar-refractivity contribution is 5.99. The number of hydrogen-bond donors (Lipinski definition) is 1. The standard InChI is InChI=1S/C31H43N3O2/c1-18(2)24-26(36)33-21(25(35)32-24)16-31-17-23-29(5)14-9-13-28(3,4)22(29)12-15-30(23,6)34(27(31)33)20-11-8-7-10-19(20)31/h7-8,10-11,18,21-24,27H,9,12-17H2,1-6H3,(H,32,35). The number of anilines is 1. The van der Waals surface area contributed by atoms with E-state index in [4.69, 9.17) is 0 Å². The van der Waals surface area contributed by atoms with Crippen LogP contribution in [-0.4, -0.2) is 40.5 Å². The molecule has 4 heterocycles. The molecule has 8 atom stereocenters. The molecule has 5 nitrogen and oxygen atoms in total. The first-order valence-electron chi connectivity index (χ1n) is 14.5. The van der Waals surface area contributed by atoms with Gasteiger partial charge in [-0.2, -0.15) is 0 Å². The number of carbonyl (C=O) groups is 2. The van der Waals surface area contributed by atoms with Crippen LogP contribution in [0.4, 0.5) is 5.69 Å². The summed E-state index contributed by atoms with van der Waals surface area (Å²) in [5.41, 5.74) is 3.17. The number of benzene rings is 1. The summed E-state index contributed by atoms with van der Waals surface area (Å²) >= 11 is 0. The summed E-state index contributed by atoms with van der Waals surface area (Å²) in [5, 5.41) is 3.11. The first kappa shape index (κ1) is 23.1. The van der Waals surface area contributed by atoms with Crippen LogP contribution >= 0.6 is 0 Å². The van der Waals surface area contributed by atoms with Crippen LogP contribution in [0.25, 0.3) is 0 Å². The maximum atomic E-state index is 14.0. The van der Waals surface area contributed by atoms with Gasteiger partial charge in [-0.05, 0) is 85.7 Å². The highest BCUT2D eigenvalue weighted by atomic mass is 16.2. The van der Waals surface area contributed by atoms with Gasteiger partial charge in [0.2, 0.25) is 11.8 Å². The average Bonchev–Trinajstić information content (AvgIpc) is 3.26. The van der Waals surface area contributed by atoms with Crippen LogP contribution in [0.5, 0.6) is 0 Å². The van der Waals surface area contributed by atoms with Crippen molar-refractivity contribution in [2.75, 3.05) is 4.90 Å². The Hall–Kier alpha value is -2.04. The van der Waals surface area contributed by atoms with Crippen LogP contribution in [0.1, 0.15) is 92.1 Å². The molecule has 0 spiro atoms. The third kappa shape index (κ3) is 2.49. The summed E-state index contributed by atoms with van der Waals surface area (Å²) in [4.78, 5) is 32.3. The Morgan fingerprint density at radius 1 is 0.972 bits per heavy atom. The zero-order chi connectivity index (χ0) is 25.4. The van der Waals surface area contributed by atoms with Crippen molar-refractivity contribution in [1.29, 1.82) is 0 Å². The molecule has 1 N–H and O–H groups in total. The van der Waals surface area contributed by atoms with Crippen LogP contribution in [0, 0.1) is 28.6 Å². The molecule has 0 radical (unpaired) electrons. The third-order valence-corrected chi connectivity index (χ3v) is 12.3. The zero-order valence-corrected chi connectivity index (χ0v) is 22.9. The van der Waals surface area contributed by atoms with Crippen LogP contribution in [0.3, 0.4) is 0 Å². The van der Waals surface area contributed by atoms with Gasteiger partial charge in [-0.3, -0.25) is 9.59 Å². The van der Waals surface area contributed by atoms with Gasteiger partial charge < -0.3 is 15.1 Å². The number of para-hydroxylation sites is 1. The number of piperazine rings is 1. The van der Waals surface area contributed by atoms with Gasteiger partial charge in [0.25, 0.3) is 0 Å². The van der Waals surface area contributed by atoms with E-state index in [1.54, 1.807) is 0 Å². The van der Waals surface area contributed by atoms with Crippen molar-refractivity contribution in [3.8, 4) is 0 Å². The minimum Gasteiger partial charge on any atom is -0.344 e. The van der Waals surface area contributed by atoms with Gasteiger partial charge in [0, 0.05) is 16.6 Å². The molecule has 7 rings (SSSR count). The predicted octanol–water partition coefficient (Wildman–Crippen LogP) is 5.23. The van der Waals surface area contributed by atoms with Crippen molar-refractivity contribution in [1.82, 2.24) is 10.2 Å². The van der Waals surface area contributed by atoms with E-state index >= 15 is 0 Å². The van der Waals surface area contributed by atoms with Crippen molar-refractivity contribution in [3.63, 3.8) is 0 Å². The highest BCUT2D eigenvalue weighted by Gasteiger charge is 2.74. The molecule has 8 unspecified atom stereocenters. The monoisotopic (exact) mass is 489 g/mol. The highest BCUT2D eigenvalue weighted by Crippen LogP contribution is 2.72. The van der Waals surface area contributed by atoms with Gasteiger partial charge in [-0.25, -0.2) is 0 Å². The fourth-order valence-electron chi connectivity index (χ4n) is 10.8. The second-order valence-corrected chi connectivity index (χ2v) is 14.7. The van der Waals surface area contributed by atoms with E-state index in [0.29, 0.717) is 11.3 Å². The number of rotatable bonds is 1. The normalized spacial score (nSPS) is 46.0. The molecule has 4 aliphatic heterocycles. The molecule has 2 bridgehead atoms. The maximum absolute atomic E-state index is 14.0. The van der Waals surface area contributed by atoms with Gasteiger partial charge in [-0.15, -0.1) is 0 Å². The lowest BCUT2D eigenvalue weighted by Gasteiger charge is -2.68. The molecule has 1 aromatic carbocycles. The minimum atomic E-state index is -0.425. The quantitative estimate of drug-likeness (QED) is 0.588. The molecule has 3 saturated heterocycles. The number of amides is 2. The summed E-state index contributed by atoms with van der Waals surface area (Å²) in [5.74, 6) is 1.54. The largest absolute Gasteiger partial charge is 0.344 e. The van der Waals surface area contributed by atoms with Crippen molar-refractivity contribution < 1.29 is 9.59 Å². The second kappa shape index (κ2) is 6.88. The lowest BCUT2D eigenvalue weighted by molar-refractivity contribution is -0.154. The van der Waals surface area contributed by atoms with Crippen LogP contribution in [0.2, 0.25) is 0 Å². The summed E-state index contributed by atoms with van der Waals surface area (Å²) in [6.45, 7) is 14.2. The molecule has 6 aliphatic rings. The molecule has 2 aliphatic carbocycles. The minimum absolute atomic E-state index is 0.0180. The zero-order valence-electron chi connectivity index (χ0n) is 22.9. The molecule has 2 saturated carbocycles. The Morgan fingerprint density at radius 3 is 2.47 bits per heavy atom. The Kier molecular flexibility index (Phi) is 4.41. The van der Waals surface area contributed by atoms with Gasteiger partial charge in [0.05, 0.1) is 0 Å². The van der Waals surface area contributed by atoms with E-state index < -0.39 is 6.04 Å². The van der Waals surface area contributed by atoms with E-state index in [-0.39, 0.29) is 46.3 Å². The van der Waals surface area contributed by atoms with Crippen LogP contribution in [0.15, 0.2) is 24.3 Å². The summed E-state index contributed by atoms with van der Waals surface area (Å²) in [6.07, 6.45) is 8.15. The van der Waals surface area contributed by atoms with Gasteiger partial charge in [0.15, 0.2) is 0 Å². The number of hydrogen-bond acceptors (Lipinski definition) is 3. The van der Waals surface area contributed by atoms with E-state index in [1.807, 2.05) is 13.8 Å². The molecule has 1 aromatic rings. The number of fused-ring (bicyclic) bond motifs is 7. The van der Waals surface area contributed by atoms with Crippen LogP contribution in [-0.2, 0) is 15.0 Å². The molecular formula is C31H43N3O2. The first-order chi connectivity index (χ1) is 17.0. The van der Waals surface area contributed by atoms with E-state index in [2.05, 4.69) is 67.1 Å². The van der Waals surface area contributed by atoms with Gasteiger partial charge >= 0.3 is 0 Å². The maximum Gasteiger partial charge on any atom is 0.247 e. The van der Waals surface area contributed by atoms with Crippen molar-refractivity contribution >= 4 is 17.5 Å². The van der Waals surface area contributed by atoms with E-state index in [9.17, 15) is 9.59 Å². The Balaban J connectivity index is 1.42. The molecule has 36 heavy (non-hydrogen) atoms. The second-order valence-electron chi connectivity index (χ2n) is 14.7. The number of carbonyl (C=O) groups excluding carboxylic acids is 2. The molecule has 2 amide bonds. The van der Waals surface area contributed by atoms with Crippen molar-refractivity contribution in [2.24, 2.45) is 28.6 Å². The SMILES string of the molecule is CC(C)C1NC(=O)C2CC34CC5C6(C)CCCC(C)(C)C6CCC5(C)N(c5ccccc53)C4N2C1=O. The van der Waals surface area contributed by atoms with Crippen molar-refractivity contribution in [3.05, 3.63) is 29.8 Å². The lowest BCUT2D eigenvalue weighted by atomic mass is 9.42. The smallest absolute Gasteiger partial charge is 0.247 e. The lowest BCUT2D eigenvalue weighted by Crippen LogP contribution is -2.74. The Labute approximate surface area is 216 Å². The molecule has 194 valence electrons. The Morgan fingerprint density at radius 2 is 1.72 bits per heavy atom. The Bertz CT molecular complexity index is 1160. The fourth-order valence-corrected chi connectivity index (χ4v) is 10.8. The topological polar surface area (TPSA) is 52.7 Å². The van der Waals surface area contributed by atoms with E-state index in [0.717, 1.165) is 25.2 Å². The first-order valence-corrected chi connectivity index (χ1v) is 14.5. The van der Waals surface area contributed by atoms with Crippen molar-refractivity contribution in [2.45, 2.75) is 116 Å². The molecule has 0 aromatic heterocycles. The average molecular weight is 490 g/mol.